The number of fused-ring (bicyclic) bond motifs is 2. The largest absolute Gasteiger partial charge is 0.336 e. The van der Waals surface area contributed by atoms with Crippen LogP contribution in [0.25, 0.3) is 0 Å². The molecule has 0 N–H and O–H groups in total. The highest BCUT2D eigenvalue weighted by Crippen LogP contribution is 2.46. The van der Waals surface area contributed by atoms with Gasteiger partial charge in [-0.3, -0.25) is 14.6 Å². The Morgan fingerprint density at radius 3 is 2.74 bits per heavy atom. The van der Waals surface area contributed by atoms with E-state index in [1.165, 1.54) is 0 Å². The lowest BCUT2D eigenvalue weighted by atomic mass is 9.81. The number of nitrogens with zero attached hydrogens (tertiary/aromatic N) is 3. The van der Waals surface area contributed by atoms with E-state index in [9.17, 15) is 9.59 Å². The topological polar surface area (TPSA) is 53.5 Å². The van der Waals surface area contributed by atoms with Crippen LogP contribution in [0.4, 0.5) is 5.69 Å². The molecule has 116 valence electrons. The van der Waals surface area contributed by atoms with Gasteiger partial charge in [-0.05, 0) is 30.2 Å². The number of carbonyl (C=O) groups excluding carboxylic acids is 2. The lowest BCUT2D eigenvalue weighted by molar-refractivity contribution is -0.122. The summed E-state index contributed by atoms with van der Waals surface area (Å²) in [4.78, 5) is 33.1. The summed E-state index contributed by atoms with van der Waals surface area (Å²) in [6, 6.07) is 13.2. The second-order valence-corrected chi connectivity index (χ2v) is 6.16. The van der Waals surface area contributed by atoms with Crippen LogP contribution in [0.15, 0.2) is 48.7 Å². The van der Waals surface area contributed by atoms with Gasteiger partial charge in [-0.25, -0.2) is 0 Å². The van der Waals surface area contributed by atoms with Crippen molar-refractivity contribution >= 4 is 17.5 Å². The molecule has 1 aromatic carbocycles. The normalized spacial score (nSPS) is 22.7. The third kappa shape index (κ3) is 1.89. The van der Waals surface area contributed by atoms with E-state index in [2.05, 4.69) is 4.98 Å². The van der Waals surface area contributed by atoms with Gasteiger partial charge in [0.2, 0.25) is 5.91 Å². The number of para-hydroxylation sites is 1. The number of likely N-dealkylation sites (N-methyl/N-ethyl adjacent to an activating group) is 1. The average Bonchev–Trinajstić information content (AvgIpc) is 3.14. The van der Waals surface area contributed by atoms with Crippen molar-refractivity contribution in [3.63, 3.8) is 0 Å². The maximum atomic E-state index is 12.9. The highest BCUT2D eigenvalue weighted by Gasteiger charge is 2.54. The zero-order chi connectivity index (χ0) is 16.0. The number of anilines is 1. The molecule has 0 aliphatic carbocycles. The summed E-state index contributed by atoms with van der Waals surface area (Å²) in [5.41, 5.74) is 1.81. The second kappa shape index (κ2) is 4.91. The van der Waals surface area contributed by atoms with Crippen molar-refractivity contribution in [1.29, 1.82) is 0 Å². The summed E-state index contributed by atoms with van der Waals surface area (Å²) in [5, 5.41) is 0. The summed E-state index contributed by atoms with van der Waals surface area (Å²) >= 11 is 0. The van der Waals surface area contributed by atoms with E-state index in [0.29, 0.717) is 25.2 Å². The summed E-state index contributed by atoms with van der Waals surface area (Å²) in [7, 11) is 1.80. The fraction of sp³-hybridized carbons (Fsp3) is 0.278. The molecule has 3 heterocycles. The quantitative estimate of drug-likeness (QED) is 0.808. The predicted octanol–water partition coefficient (Wildman–Crippen LogP) is 1.84. The Hall–Kier alpha value is -2.69. The molecule has 2 amide bonds. The summed E-state index contributed by atoms with van der Waals surface area (Å²) in [5.74, 6) is -0.0302. The van der Waals surface area contributed by atoms with Gasteiger partial charge in [0.05, 0.1) is 5.41 Å². The van der Waals surface area contributed by atoms with Gasteiger partial charge in [-0.2, -0.15) is 0 Å². The van der Waals surface area contributed by atoms with Crippen molar-refractivity contribution in [1.82, 2.24) is 9.88 Å². The Balaban J connectivity index is 1.68. The molecular formula is C18H17N3O2. The minimum Gasteiger partial charge on any atom is -0.336 e. The van der Waals surface area contributed by atoms with E-state index in [0.717, 1.165) is 11.3 Å². The number of benzene rings is 1. The summed E-state index contributed by atoms with van der Waals surface area (Å²) in [6.07, 6.45) is 2.27. The molecule has 0 saturated carbocycles. The molecule has 2 aliphatic heterocycles. The Labute approximate surface area is 134 Å². The van der Waals surface area contributed by atoms with Crippen LogP contribution in [0, 0.1) is 0 Å². The number of pyridine rings is 1. The van der Waals surface area contributed by atoms with Crippen molar-refractivity contribution in [2.45, 2.75) is 11.8 Å². The van der Waals surface area contributed by atoms with Gasteiger partial charge in [0.1, 0.15) is 5.69 Å². The number of hydrogen-bond acceptors (Lipinski definition) is 3. The summed E-state index contributed by atoms with van der Waals surface area (Å²) < 4.78 is 0. The van der Waals surface area contributed by atoms with E-state index in [-0.39, 0.29) is 11.8 Å². The Morgan fingerprint density at radius 2 is 1.96 bits per heavy atom. The molecule has 23 heavy (non-hydrogen) atoms. The molecule has 1 fully saturated rings. The maximum Gasteiger partial charge on any atom is 0.272 e. The molecule has 2 aliphatic rings. The van der Waals surface area contributed by atoms with Crippen molar-refractivity contribution < 1.29 is 9.59 Å². The Bertz CT molecular complexity index is 790. The second-order valence-electron chi connectivity index (χ2n) is 6.16. The van der Waals surface area contributed by atoms with E-state index >= 15 is 0 Å². The number of hydrogen-bond donors (Lipinski definition) is 0. The van der Waals surface area contributed by atoms with Gasteiger partial charge in [-0.15, -0.1) is 0 Å². The highest BCUT2D eigenvalue weighted by atomic mass is 16.2. The van der Waals surface area contributed by atoms with Crippen molar-refractivity contribution in [3.05, 3.63) is 59.9 Å². The smallest absolute Gasteiger partial charge is 0.272 e. The molecule has 2 aromatic rings. The summed E-state index contributed by atoms with van der Waals surface area (Å²) in [6.45, 7) is 0.992. The Morgan fingerprint density at radius 1 is 1.17 bits per heavy atom. The fourth-order valence-corrected chi connectivity index (χ4v) is 3.75. The molecule has 0 bridgehead atoms. The molecule has 1 saturated heterocycles. The number of carbonyl (C=O) groups is 2. The van der Waals surface area contributed by atoms with Gasteiger partial charge in [0.15, 0.2) is 0 Å². The van der Waals surface area contributed by atoms with E-state index in [4.69, 9.17) is 0 Å². The van der Waals surface area contributed by atoms with Gasteiger partial charge in [-0.1, -0.05) is 24.3 Å². The maximum absolute atomic E-state index is 12.9. The predicted molar refractivity (Wildman–Crippen MR) is 86.3 cm³/mol. The molecule has 1 spiro atoms. The minimum absolute atomic E-state index is 0.0787. The average molecular weight is 307 g/mol. The van der Waals surface area contributed by atoms with Crippen molar-refractivity contribution in [2.75, 3.05) is 25.0 Å². The van der Waals surface area contributed by atoms with Gasteiger partial charge < -0.3 is 9.80 Å². The molecule has 1 aromatic heterocycles. The van der Waals surface area contributed by atoms with Gasteiger partial charge in [0, 0.05) is 32.0 Å². The number of likely N-dealkylation sites (tertiary alicyclic amines) is 1. The zero-order valence-electron chi connectivity index (χ0n) is 12.9. The zero-order valence-corrected chi connectivity index (χ0v) is 12.9. The first-order chi connectivity index (χ1) is 11.1. The van der Waals surface area contributed by atoms with Crippen LogP contribution in [-0.4, -0.2) is 41.8 Å². The van der Waals surface area contributed by atoms with E-state index in [1.807, 2.05) is 24.3 Å². The molecule has 4 rings (SSSR count). The molecule has 5 heteroatoms. The van der Waals surface area contributed by atoms with Crippen LogP contribution in [-0.2, 0) is 10.2 Å². The van der Waals surface area contributed by atoms with Crippen LogP contribution in [0.3, 0.4) is 0 Å². The van der Waals surface area contributed by atoms with E-state index < -0.39 is 5.41 Å². The van der Waals surface area contributed by atoms with Crippen molar-refractivity contribution in [3.8, 4) is 0 Å². The molecule has 1 atom stereocenters. The number of aromatic nitrogens is 1. The van der Waals surface area contributed by atoms with Crippen LogP contribution in [0.5, 0.6) is 0 Å². The van der Waals surface area contributed by atoms with Gasteiger partial charge in [0.25, 0.3) is 5.91 Å². The standard InChI is InChI=1S/C18H17N3O2/c1-20-15-8-3-2-6-13(15)18(17(20)23)9-11-21(12-18)16(22)14-7-4-5-10-19-14/h2-8,10H,9,11-12H2,1H3. The molecular weight excluding hydrogens is 290 g/mol. The first-order valence-electron chi connectivity index (χ1n) is 7.71. The van der Waals surface area contributed by atoms with Crippen LogP contribution >= 0.6 is 0 Å². The number of rotatable bonds is 1. The molecule has 0 radical (unpaired) electrons. The first-order valence-corrected chi connectivity index (χ1v) is 7.71. The lowest BCUT2D eigenvalue weighted by Crippen LogP contribution is -2.42. The Kier molecular flexibility index (Phi) is 2.98. The highest BCUT2D eigenvalue weighted by molar-refractivity contribution is 6.08. The SMILES string of the molecule is CN1C(=O)C2(CCN(C(=O)c3ccccn3)C2)c2ccccc21. The van der Waals surface area contributed by atoms with Crippen LogP contribution in [0.1, 0.15) is 22.5 Å². The van der Waals surface area contributed by atoms with Crippen molar-refractivity contribution in [2.24, 2.45) is 0 Å². The van der Waals surface area contributed by atoms with Gasteiger partial charge >= 0.3 is 0 Å². The monoisotopic (exact) mass is 307 g/mol. The molecule has 1 unspecified atom stereocenters. The molecule has 5 nitrogen and oxygen atoms in total. The lowest BCUT2D eigenvalue weighted by Gasteiger charge is -2.23. The number of amides is 2. The first kappa shape index (κ1) is 13.9. The van der Waals surface area contributed by atoms with Crippen LogP contribution in [0.2, 0.25) is 0 Å². The third-order valence-electron chi connectivity index (χ3n) is 4.94. The minimum atomic E-state index is -0.601. The fourth-order valence-electron chi connectivity index (χ4n) is 3.75. The third-order valence-corrected chi connectivity index (χ3v) is 4.94. The van der Waals surface area contributed by atoms with Crippen LogP contribution < -0.4 is 4.90 Å². The van der Waals surface area contributed by atoms with E-state index in [1.54, 1.807) is 41.2 Å².